The SMILES string of the molecule is CCN1C=CN(c2ccc(C)c(C(=O)N[C@H](C)c3cc(OC)cc(OCC4CC4)c3)c2)CC1. The van der Waals surface area contributed by atoms with Gasteiger partial charge in [-0.3, -0.25) is 4.79 Å². The molecule has 2 aromatic rings. The van der Waals surface area contributed by atoms with E-state index in [1.165, 1.54) is 12.8 Å². The van der Waals surface area contributed by atoms with Crippen LogP contribution in [0.5, 0.6) is 11.5 Å². The molecule has 6 nitrogen and oxygen atoms in total. The maximum absolute atomic E-state index is 13.2. The lowest BCUT2D eigenvalue weighted by Crippen LogP contribution is -2.34. The second kappa shape index (κ2) is 10.2. The van der Waals surface area contributed by atoms with E-state index >= 15 is 0 Å². The molecule has 0 spiro atoms. The van der Waals surface area contributed by atoms with Crippen LogP contribution in [0, 0.1) is 12.8 Å². The Bertz CT molecular complexity index is 1020. The maximum Gasteiger partial charge on any atom is 0.252 e. The van der Waals surface area contributed by atoms with E-state index in [4.69, 9.17) is 9.47 Å². The average molecular weight is 450 g/mol. The van der Waals surface area contributed by atoms with Crippen molar-refractivity contribution < 1.29 is 14.3 Å². The van der Waals surface area contributed by atoms with Crippen molar-refractivity contribution in [2.24, 2.45) is 5.92 Å². The first kappa shape index (κ1) is 23.0. The number of hydrogen-bond acceptors (Lipinski definition) is 5. The molecule has 33 heavy (non-hydrogen) atoms. The molecule has 1 saturated carbocycles. The molecule has 1 aliphatic carbocycles. The third kappa shape index (κ3) is 5.81. The predicted molar refractivity (Wildman–Crippen MR) is 132 cm³/mol. The van der Waals surface area contributed by atoms with Gasteiger partial charge >= 0.3 is 0 Å². The third-order valence-electron chi connectivity index (χ3n) is 6.46. The summed E-state index contributed by atoms with van der Waals surface area (Å²) in [6.07, 6.45) is 6.68. The second-order valence-corrected chi connectivity index (χ2v) is 9.01. The lowest BCUT2D eigenvalue weighted by atomic mass is 10.0. The number of nitrogens with zero attached hydrogens (tertiary/aromatic N) is 2. The third-order valence-corrected chi connectivity index (χ3v) is 6.46. The molecule has 1 N–H and O–H groups in total. The number of carbonyl (C=O) groups is 1. The van der Waals surface area contributed by atoms with Crippen molar-refractivity contribution in [3.05, 3.63) is 65.5 Å². The lowest BCUT2D eigenvalue weighted by Gasteiger charge is -2.31. The van der Waals surface area contributed by atoms with Crippen LogP contribution in [0.4, 0.5) is 5.69 Å². The van der Waals surface area contributed by atoms with Gasteiger partial charge in [0.05, 0.1) is 19.8 Å². The summed E-state index contributed by atoms with van der Waals surface area (Å²) >= 11 is 0. The Balaban J connectivity index is 1.48. The smallest absolute Gasteiger partial charge is 0.252 e. The number of nitrogens with one attached hydrogen (secondary N) is 1. The summed E-state index contributed by atoms with van der Waals surface area (Å²) < 4.78 is 11.4. The van der Waals surface area contributed by atoms with Crippen LogP contribution in [0.1, 0.15) is 54.2 Å². The normalized spacial score (nSPS) is 16.5. The number of hydrogen-bond donors (Lipinski definition) is 1. The molecule has 0 radical (unpaired) electrons. The molecule has 2 aromatic carbocycles. The molecule has 1 atom stereocenters. The van der Waals surface area contributed by atoms with Gasteiger partial charge in [0.15, 0.2) is 0 Å². The molecule has 1 heterocycles. The molecule has 176 valence electrons. The Morgan fingerprint density at radius 2 is 1.91 bits per heavy atom. The number of aryl methyl sites for hydroxylation is 1. The minimum Gasteiger partial charge on any atom is -0.497 e. The topological polar surface area (TPSA) is 54.0 Å². The van der Waals surface area contributed by atoms with E-state index in [2.05, 4.69) is 40.5 Å². The summed E-state index contributed by atoms with van der Waals surface area (Å²) in [4.78, 5) is 17.7. The Hall–Kier alpha value is -3.15. The molecule has 0 unspecified atom stereocenters. The first-order valence-electron chi connectivity index (χ1n) is 11.9. The van der Waals surface area contributed by atoms with E-state index in [9.17, 15) is 4.79 Å². The van der Waals surface area contributed by atoms with E-state index < -0.39 is 0 Å². The highest BCUT2D eigenvalue weighted by molar-refractivity contribution is 5.97. The molecule has 0 aromatic heterocycles. The zero-order valence-electron chi connectivity index (χ0n) is 20.1. The summed E-state index contributed by atoms with van der Waals surface area (Å²) in [5.41, 5.74) is 3.64. The van der Waals surface area contributed by atoms with Crippen LogP contribution in [0.2, 0.25) is 0 Å². The quantitative estimate of drug-likeness (QED) is 0.590. The van der Waals surface area contributed by atoms with Crippen LogP contribution in [-0.2, 0) is 0 Å². The average Bonchev–Trinajstić information content (AvgIpc) is 3.67. The number of methoxy groups -OCH3 is 1. The van der Waals surface area contributed by atoms with Gasteiger partial charge in [-0.25, -0.2) is 0 Å². The number of amides is 1. The molecule has 2 aliphatic rings. The van der Waals surface area contributed by atoms with E-state index in [1.807, 2.05) is 44.2 Å². The largest absolute Gasteiger partial charge is 0.497 e. The summed E-state index contributed by atoms with van der Waals surface area (Å²) in [6.45, 7) is 9.73. The van der Waals surface area contributed by atoms with Gasteiger partial charge < -0.3 is 24.6 Å². The van der Waals surface area contributed by atoms with E-state index in [1.54, 1.807) is 7.11 Å². The van der Waals surface area contributed by atoms with Crippen molar-refractivity contribution in [2.45, 2.75) is 39.7 Å². The monoisotopic (exact) mass is 449 g/mol. The summed E-state index contributed by atoms with van der Waals surface area (Å²) in [5.74, 6) is 2.11. The van der Waals surface area contributed by atoms with Crippen LogP contribution in [0.15, 0.2) is 48.8 Å². The fraction of sp³-hybridized carbons (Fsp3) is 0.444. The summed E-state index contributed by atoms with van der Waals surface area (Å²) in [7, 11) is 1.65. The van der Waals surface area contributed by atoms with Crippen molar-refractivity contribution in [1.29, 1.82) is 0 Å². The minimum absolute atomic E-state index is 0.0821. The van der Waals surface area contributed by atoms with Crippen molar-refractivity contribution in [3.63, 3.8) is 0 Å². The molecule has 1 aliphatic heterocycles. The number of rotatable bonds is 9. The van der Waals surface area contributed by atoms with Crippen LogP contribution < -0.4 is 19.7 Å². The second-order valence-electron chi connectivity index (χ2n) is 9.01. The number of benzene rings is 2. The molecule has 0 saturated heterocycles. The molecule has 0 bridgehead atoms. The highest BCUT2D eigenvalue weighted by Crippen LogP contribution is 2.32. The lowest BCUT2D eigenvalue weighted by molar-refractivity contribution is 0.0939. The van der Waals surface area contributed by atoms with Crippen LogP contribution in [-0.4, -0.2) is 44.2 Å². The standard InChI is InChI=1S/C27H35N3O3/c1-5-29-10-12-30(13-11-29)23-9-6-19(2)26(16-23)27(31)28-20(3)22-14-24(32-4)17-25(15-22)33-18-21-7-8-21/h6,9-10,12,14-17,20-21H,5,7-8,11,13,18H2,1-4H3,(H,28,31)/t20-/m1/s1. The van der Waals surface area contributed by atoms with Gasteiger partial charge in [0.1, 0.15) is 11.5 Å². The Kier molecular flexibility index (Phi) is 7.11. The number of ether oxygens (including phenoxy) is 2. The Morgan fingerprint density at radius 3 is 2.58 bits per heavy atom. The van der Waals surface area contributed by atoms with Gasteiger partial charge in [-0.15, -0.1) is 0 Å². The summed E-state index contributed by atoms with van der Waals surface area (Å²) in [6, 6.07) is 11.7. The van der Waals surface area contributed by atoms with Crippen molar-refractivity contribution in [2.75, 3.05) is 38.3 Å². The van der Waals surface area contributed by atoms with Gasteiger partial charge in [0, 0.05) is 49.4 Å². The predicted octanol–water partition coefficient (Wildman–Crippen LogP) is 4.90. The molecule has 1 amide bonds. The van der Waals surface area contributed by atoms with Gasteiger partial charge in [-0.1, -0.05) is 6.07 Å². The molecular weight excluding hydrogens is 414 g/mol. The first-order valence-corrected chi connectivity index (χ1v) is 11.9. The number of anilines is 1. The molecular formula is C27H35N3O3. The van der Waals surface area contributed by atoms with Crippen molar-refractivity contribution in [3.8, 4) is 11.5 Å². The Labute approximate surface area is 197 Å². The fourth-order valence-corrected chi connectivity index (χ4v) is 3.97. The van der Waals surface area contributed by atoms with Gasteiger partial charge in [-0.2, -0.15) is 0 Å². The zero-order valence-corrected chi connectivity index (χ0v) is 20.1. The molecule has 1 fully saturated rings. The minimum atomic E-state index is -0.188. The molecule has 6 heteroatoms. The van der Waals surface area contributed by atoms with E-state index in [-0.39, 0.29) is 11.9 Å². The van der Waals surface area contributed by atoms with Crippen molar-refractivity contribution >= 4 is 11.6 Å². The first-order chi connectivity index (χ1) is 16.0. The van der Waals surface area contributed by atoms with Gasteiger partial charge in [0.2, 0.25) is 0 Å². The van der Waals surface area contributed by atoms with Crippen LogP contribution in [0.3, 0.4) is 0 Å². The molecule has 4 rings (SSSR count). The van der Waals surface area contributed by atoms with Crippen LogP contribution >= 0.6 is 0 Å². The highest BCUT2D eigenvalue weighted by atomic mass is 16.5. The Morgan fingerprint density at radius 1 is 1.12 bits per heavy atom. The maximum atomic E-state index is 13.2. The number of likely N-dealkylation sites (N-methyl/N-ethyl adjacent to an activating group) is 1. The summed E-state index contributed by atoms with van der Waals surface area (Å²) in [5, 5.41) is 3.16. The van der Waals surface area contributed by atoms with Gasteiger partial charge in [-0.05, 0) is 74.9 Å². The van der Waals surface area contributed by atoms with E-state index in [0.29, 0.717) is 11.5 Å². The zero-order chi connectivity index (χ0) is 23.4. The highest BCUT2D eigenvalue weighted by Gasteiger charge is 2.22. The van der Waals surface area contributed by atoms with Crippen molar-refractivity contribution in [1.82, 2.24) is 10.2 Å². The van der Waals surface area contributed by atoms with E-state index in [0.717, 1.165) is 54.6 Å². The fourth-order valence-electron chi connectivity index (χ4n) is 3.97. The van der Waals surface area contributed by atoms with Gasteiger partial charge in [0.25, 0.3) is 5.91 Å². The number of carbonyl (C=O) groups excluding carboxylic acids is 1. The van der Waals surface area contributed by atoms with Crippen LogP contribution in [0.25, 0.3) is 0 Å².